The Labute approximate surface area is 190 Å². The number of aliphatic hydroxyl groups is 2. The Kier molecular flexibility index (Phi) is 6.88. The Bertz CT molecular complexity index is 1230. The molecule has 1 aromatic carbocycles. The first-order valence-electron chi connectivity index (χ1n) is 9.61. The average Bonchev–Trinajstić information content (AvgIpc) is 3.29. The number of nitrogens with one attached hydrogen (secondary N) is 1. The molecule has 1 unspecified atom stereocenters. The van der Waals surface area contributed by atoms with Gasteiger partial charge in [0.05, 0.1) is 20.0 Å². The first-order chi connectivity index (χ1) is 15.7. The second-order valence-corrected chi connectivity index (χ2v) is 9.32. The van der Waals surface area contributed by atoms with Crippen molar-refractivity contribution in [3.8, 4) is 5.75 Å². The maximum Gasteiger partial charge on any atom is 0.469 e. The molecule has 0 bridgehead atoms. The predicted molar refractivity (Wildman–Crippen MR) is 115 cm³/mol. The fourth-order valence-corrected chi connectivity index (χ4v) is 4.67. The van der Waals surface area contributed by atoms with Crippen molar-refractivity contribution in [1.82, 2.24) is 19.5 Å². The number of hydrogen-bond acceptors (Lipinski definition) is 10. The zero-order valence-corrected chi connectivity index (χ0v) is 18.8. The molecule has 178 valence electrons. The van der Waals surface area contributed by atoms with Gasteiger partial charge in [0.2, 0.25) is 0 Å². The fraction of sp³-hybridized carbons (Fsp3) is 0.389. The number of fused-ring (bicyclic) bond motifs is 1. The smallest absolute Gasteiger partial charge is 0.469 e. The van der Waals surface area contributed by atoms with Crippen LogP contribution >= 0.6 is 19.6 Å². The van der Waals surface area contributed by atoms with Crippen molar-refractivity contribution in [3.05, 3.63) is 46.5 Å². The van der Waals surface area contributed by atoms with Crippen LogP contribution in [-0.4, -0.2) is 71.5 Å². The molecule has 0 spiro atoms. The molecule has 1 aliphatic heterocycles. The minimum atomic E-state index is -4.81. The summed E-state index contributed by atoms with van der Waals surface area (Å²) in [5.41, 5.74) is 0.556. The SMILES string of the molecule is COc1ccc(CSc2nc3c(=O)[nH]cnc3n2C2O[C@H](COP(=O)(O)O)[C@@H](O)[C@H]2O)cc1. The van der Waals surface area contributed by atoms with Gasteiger partial charge in [-0.15, -0.1) is 0 Å². The van der Waals surface area contributed by atoms with Crippen LogP contribution in [0.4, 0.5) is 0 Å². The number of methoxy groups -OCH3 is 1. The number of nitrogens with zero attached hydrogens (tertiary/aromatic N) is 3. The molecule has 0 aliphatic carbocycles. The summed E-state index contributed by atoms with van der Waals surface area (Å²) in [6, 6.07) is 7.34. The second kappa shape index (κ2) is 9.52. The van der Waals surface area contributed by atoms with Crippen LogP contribution in [0, 0.1) is 0 Å². The Morgan fingerprint density at radius 1 is 1.24 bits per heavy atom. The van der Waals surface area contributed by atoms with Gasteiger partial charge < -0.3 is 34.5 Å². The van der Waals surface area contributed by atoms with E-state index in [0.29, 0.717) is 11.5 Å². The van der Waals surface area contributed by atoms with Gasteiger partial charge in [-0.25, -0.2) is 14.5 Å². The summed E-state index contributed by atoms with van der Waals surface area (Å²) in [6.07, 6.45) is -4.32. The second-order valence-electron chi connectivity index (χ2n) is 7.14. The van der Waals surface area contributed by atoms with Gasteiger partial charge in [0.1, 0.15) is 24.1 Å². The molecule has 5 N–H and O–H groups in total. The Hall–Kier alpha value is -2.29. The van der Waals surface area contributed by atoms with Gasteiger partial charge in [-0.3, -0.25) is 13.9 Å². The van der Waals surface area contributed by atoms with Gasteiger partial charge in [0.25, 0.3) is 5.56 Å². The van der Waals surface area contributed by atoms with E-state index in [2.05, 4.69) is 19.5 Å². The Balaban J connectivity index is 1.65. The standard InChI is InChI=1S/C18H21N4O9PS/c1-29-10-4-2-9(3-5-10)7-33-18-21-12-15(19-8-20-16(12)25)22(18)17-14(24)13(23)11(31-17)6-30-32(26,27)28/h2-5,8,11,13-14,17,23-24H,6-7H2,1H3,(H,19,20,25)(H2,26,27,28)/t11-,13-,14-,17?/m1/s1. The number of hydrogen-bond donors (Lipinski definition) is 5. The molecule has 4 atom stereocenters. The minimum Gasteiger partial charge on any atom is -0.497 e. The number of benzene rings is 1. The maximum atomic E-state index is 12.3. The van der Waals surface area contributed by atoms with Crippen molar-refractivity contribution in [2.45, 2.75) is 35.4 Å². The molecule has 4 rings (SSSR count). The lowest BCUT2D eigenvalue weighted by Gasteiger charge is -2.19. The maximum absolute atomic E-state index is 12.3. The predicted octanol–water partition coefficient (Wildman–Crippen LogP) is 0.149. The molecule has 0 saturated carbocycles. The third-order valence-electron chi connectivity index (χ3n) is 4.98. The number of ether oxygens (including phenoxy) is 2. The summed E-state index contributed by atoms with van der Waals surface area (Å²) < 4.78 is 27.6. The number of phosphoric acid groups is 1. The number of rotatable bonds is 8. The van der Waals surface area contributed by atoms with E-state index in [-0.39, 0.29) is 16.3 Å². The first kappa shape index (κ1) is 23.9. The molecule has 3 aromatic rings. The van der Waals surface area contributed by atoms with Crippen molar-refractivity contribution < 1.29 is 38.6 Å². The van der Waals surface area contributed by atoms with E-state index in [0.717, 1.165) is 5.56 Å². The number of aromatic amines is 1. The number of thioether (sulfide) groups is 1. The molecule has 2 aromatic heterocycles. The van der Waals surface area contributed by atoms with Gasteiger partial charge >= 0.3 is 7.82 Å². The summed E-state index contributed by atoms with van der Waals surface area (Å²) in [7, 11) is -3.25. The largest absolute Gasteiger partial charge is 0.497 e. The summed E-state index contributed by atoms with van der Waals surface area (Å²) in [5, 5.41) is 21.3. The fourth-order valence-electron chi connectivity index (χ4n) is 3.35. The highest BCUT2D eigenvalue weighted by atomic mass is 32.2. The van der Waals surface area contributed by atoms with Gasteiger partial charge in [-0.2, -0.15) is 0 Å². The van der Waals surface area contributed by atoms with E-state index in [4.69, 9.17) is 19.3 Å². The van der Waals surface area contributed by atoms with Crippen LogP contribution < -0.4 is 10.3 Å². The number of imidazole rings is 1. The quantitative estimate of drug-likeness (QED) is 0.208. The van der Waals surface area contributed by atoms with Gasteiger partial charge in [0.15, 0.2) is 22.5 Å². The van der Waals surface area contributed by atoms with Crippen molar-refractivity contribution in [1.29, 1.82) is 0 Å². The first-order valence-corrected chi connectivity index (χ1v) is 12.1. The monoisotopic (exact) mass is 500 g/mol. The number of phosphoric ester groups is 1. The van der Waals surface area contributed by atoms with Crippen molar-refractivity contribution in [3.63, 3.8) is 0 Å². The topological polar surface area (TPSA) is 189 Å². The molecule has 33 heavy (non-hydrogen) atoms. The zero-order chi connectivity index (χ0) is 23.8. The molecule has 3 heterocycles. The molecular formula is C18H21N4O9PS. The zero-order valence-electron chi connectivity index (χ0n) is 17.1. The van der Waals surface area contributed by atoms with Gasteiger partial charge in [-0.1, -0.05) is 23.9 Å². The average molecular weight is 500 g/mol. The van der Waals surface area contributed by atoms with E-state index in [9.17, 15) is 19.6 Å². The Morgan fingerprint density at radius 3 is 2.64 bits per heavy atom. The highest BCUT2D eigenvalue weighted by Crippen LogP contribution is 2.40. The highest BCUT2D eigenvalue weighted by Gasteiger charge is 2.46. The summed E-state index contributed by atoms with van der Waals surface area (Å²) in [4.78, 5) is 41.0. The van der Waals surface area contributed by atoms with Crippen LogP contribution in [0.15, 0.2) is 40.5 Å². The van der Waals surface area contributed by atoms with Crippen molar-refractivity contribution >= 4 is 30.7 Å². The van der Waals surface area contributed by atoms with Gasteiger partial charge in [0, 0.05) is 5.75 Å². The number of aliphatic hydroxyl groups excluding tert-OH is 2. The van der Waals surface area contributed by atoms with Crippen LogP contribution in [0.3, 0.4) is 0 Å². The lowest BCUT2D eigenvalue weighted by Crippen LogP contribution is -2.33. The van der Waals surface area contributed by atoms with Crippen LogP contribution in [0.2, 0.25) is 0 Å². The van der Waals surface area contributed by atoms with Crippen LogP contribution in [-0.2, 0) is 19.6 Å². The van der Waals surface area contributed by atoms with E-state index in [1.54, 1.807) is 19.2 Å². The minimum absolute atomic E-state index is 0.00920. The summed E-state index contributed by atoms with van der Waals surface area (Å²) in [6.45, 7) is -0.659. The van der Waals surface area contributed by atoms with Crippen LogP contribution in [0.5, 0.6) is 5.75 Å². The van der Waals surface area contributed by atoms with Crippen molar-refractivity contribution in [2.24, 2.45) is 0 Å². The number of H-pyrrole nitrogens is 1. The highest BCUT2D eigenvalue weighted by molar-refractivity contribution is 7.98. The molecule has 0 amide bonds. The van der Waals surface area contributed by atoms with E-state index >= 15 is 0 Å². The normalized spacial score (nSPS) is 23.3. The van der Waals surface area contributed by atoms with E-state index < -0.39 is 44.5 Å². The summed E-state index contributed by atoms with van der Waals surface area (Å²) in [5.74, 6) is 1.15. The third-order valence-corrected chi connectivity index (χ3v) is 6.49. The van der Waals surface area contributed by atoms with E-state index in [1.807, 2.05) is 12.1 Å². The van der Waals surface area contributed by atoms with Crippen LogP contribution in [0.25, 0.3) is 11.2 Å². The molecular weight excluding hydrogens is 479 g/mol. The molecule has 1 saturated heterocycles. The lowest BCUT2D eigenvalue weighted by molar-refractivity contribution is -0.0541. The molecule has 13 nitrogen and oxygen atoms in total. The van der Waals surface area contributed by atoms with E-state index in [1.165, 1.54) is 22.7 Å². The lowest BCUT2D eigenvalue weighted by atomic mass is 10.1. The third kappa shape index (κ3) is 5.13. The van der Waals surface area contributed by atoms with Gasteiger partial charge in [-0.05, 0) is 17.7 Å². The number of aromatic nitrogens is 4. The Morgan fingerprint density at radius 2 is 1.97 bits per heavy atom. The molecule has 15 heteroatoms. The molecule has 0 radical (unpaired) electrons. The molecule has 1 aliphatic rings. The summed E-state index contributed by atoms with van der Waals surface area (Å²) >= 11 is 1.25. The molecule has 1 fully saturated rings. The van der Waals surface area contributed by atoms with Crippen LogP contribution in [0.1, 0.15) is 11.8 Å². The van der Waals surface area contributed by atoms with Crippen molar-refractivity contribution in [2.75, 3.05) is 13.7 Å².